The van der Waals surface area contributed by atoms with Gasteiger partial charge in [0.2, 0.25) is 5.91 Å². The molecule has 6 heteroatoms. The Labute approximate surface area is 178 Å². The zero-order valence-corrected chi connectivity index (χ0v) is 17.7. The first-order valence-corrected chi connectivity index (χ1v) is 10.5. The predicted molar refractivity (Wildman–Crippen MR) is 116 cm³/mol. The summed E-state index contributed by atoms with van der Waals surface area (Å²) in [7, 11) is 1.67. The van der Waals surface area contributed by atoms with Gasteiger partial charge in [-0.1, -0.05) is 43.3 Å². The SMILES string of the molecule is COc1ccccc1C[C@@H](C)CC(=O)N1CCC(NC(=O)Oc2ccccc2)CC1. The topological polar surface area (TPSA) is 67.9 Å². The van der Waals surface area contributed by atoms with Crippen molar-refractivity contribution in [2.24, 2.45) is 5.92 Å². The molecule has 0 aromatic heterocycles. The van der Waals surface area contributed by atoms with Crippen LogP contribution in [0, 0.1) is 5.92 Å². The molecule has 1 heterocycles. The lowest BCUT2D eigenvalue weighted by Crippen LogP contribution is -2.47. The van der Waals surface area contributed by atoms with Gasteiger partial charge < -0.3 is 19.7 Å². The molecular weight excluding hydrogens is 380 g/mol. The maximum absolute atomic E-state index is 12.7. The molecule has 0 bridgehead atoms. The van der Waals surface area contributed by atoms with Crippen molar-refractivity contribution in [1.29, 1.82) is 0 Å². The number of nitrogens with zero attached hydrogens (tertiary/aromatic N) is 1. The molecule has 0 saturated carbocycles. The van der Waals surface area contributed by atoms with Gasteiger partial charge in [0.25, 0.3) is 0 Å². The van der Waals surface area contributed by atoms with Crippen LogP contribution in [0.3, 0.4) is 0 Å². The number of hydrogen-bond donors (Lipinski definition) is 1. The molecule has 0 unspecified atom stereocenters. The number of methoxy groups -OCH3 is 1. The minimum atomic E-state index is -0.448. The second-order valence-corrected chi connectivity index (χ2v) is 7.83. The predicted octanol–water partition coefficient (Wildman–Crippen LogP) is 4.04. The van der Waals surface area contributed by atoms with E-state index in [9.17, 15) is 9.59 Å². The third kappa shape index (κ3) is 6.24. The number of nitrogens with one attached hydrogen (secondary N) is 1. The number of carbonyl (C=O) groups is 2. The van der Waals surface area contributed by atoms with Gasteiger partial charge in [-0.2, -0.15) is 0 Å². The van der Waals surface area contributed by atoms with Crippen molar-refractivity contribution in [3.63, 3.8) is 0 Å². The van der Waals surface area contributed by atoms with Gasteiger partial charge in [-0.3, -0.25) is 4.79 Å². The molecule has 2 amide bonds. The summed E-state index contributed by atoms with van der Waals surface area (Å²) >= 11 is 0. The largest absolute Gasteiger partial charge is 0.496 e. The number of amides is 2. The average molecular weight is 411 g/mol. The van der Waals surface area contributed by atoms with Gasteiger partial charge in [-0.15, -0.1) is 0 Å². The Kier molecular flexibility index (Phi) is 7.71. The van der Waals surface area contributed by atoms with Crippen molar-refractivity contribution < 1.29 is 19.1 Å². The smallest absolute Gasteiger partial charge is 0.412 e. The van der Waals surface area contributed by atoms with Crippen LogP contribution in [0.1, 0.15) is 31.7 Å². The molecule has 0 spiro atoms. The van der Waals surface area contributed by atoms with E-state index in [2.05, 4.69) is 12.2 Å². The average Bonchev–Trinajstić information content (AvgIpc) is 2.75. The molecule has 2 aromatic rings. The Morgan fingerprint density at radius 1 is 1.07 bits per heavy atom. The fraction of sp³-hybridized carbons (Fsp3) is 0.417. The lowest BCUT2D eigenvalue weighted by Gasteiger charge is -2.32. The Hall–Kier alpha value is -3.02. The molecule has 0 radical (unpaired) electrons. The van der Waals surface area contributed by atoms with Crippen molar-refractivity contribution in [3.05, 3.63) is 60.2 Å². The van der Waals surface area contributed by atoms with Crippen LogP contribution >= 0.6 is 0 Å². The second-order valence-electron chi connectivity index (χ2n) is 7.83. The van der Waals surface area contributed by atoms with Gasteiger partial charge in [0.1, 0.15) is 11.5 Å². The molecule has 1 N–H and O–H groups in total. The fourth-order valence-corrected chi connectivity index (χ4v) is 3.81. The maximum Gasteiger partial charge on any atom is 0.412 e. The summed E-state index contributed by atoms with van der Waals surface area (Å²) in [5.74, 6) is 1.78. The van der Waals surface area contributed by atoms with Gasteiger partial charge in [-0.25, -0.2) is 4.79 Å². The summed E-state index contributed by atoms with van der Waals surface area (Å²) in [5, 5.41) is 2.90. The normalized spacial score (nSPS) is 15.3. The van der Waals surface area contributed by atoms with Crippen LogP contribution in [0.4, 0.5) is 4.79 Å². The monoisotopic (exact) mass is 410 g/mol. The minimum absolute atomic E-state index is 0.0243. The molecule has 6 nitrogen and oxygen atoms in total. The Morgan fingerprint density at radius 3 is 2.43 bits per heavy atom. The number of para-hydroxylation sites is 2. The Balaban J connectivity index is 1.41. The Bertz CT molecular complexity index is 832. The summed E-state index contributed by atoms with van der Waals surface area (Å²) in [6.45, 7) is 3.39. The summed E-state index contributed by atoms with van der Waals surface area (Å²) < 4.78 is 10.7. The number of carbonyl (C=O) groups excluding carboxylic acids is 2. The first-order valence-electron chi connectivity index (χ1n) is 10.5. The fourth-order valence-electron chi connectivity index (χ4n) is 3.81. The molecular formula is C24H30N2O4. The highest BCUT2D eigenvalue weighted by Crippen LogP contribution is 2.23. The van der Waals surface area contributed by atoms with E-state index in [-0.39, 0.29) is 17.9 Å². The number of rotatable bonds is 7. The van der Waals surface area contributed by atoms with Gasteiger partial charge in [0, 0.05) is 25.6 Å². The number of piperidine rings is 1. The molecule has 1 atom stereocenters. The molecule has 1 aliphatic rings. The first-order chi connectivity index (χ1) is 14.5. The summed E-state index contributed by atoms with van der Waals surface area (Å²) in [6.07, 6.45) is 2.33. The van der Waals surface area contributed by atoms with Gasteiger partial charge in [-0.05, 0) is 48.9 Å². The number of benzene rings is 2. The lowest BCUT2D eigenvalue weighted by atomic mass is 9.96. The van der Waals surface area contributed by atoms with Gasteiger partial charge in [0.15, 0.2) is 0 Å². The van der Waals surface area contributed by atoms with E-state index in [4.69, 9.17) is 9.47 Å². The Morgan fingerprint density at radius 2 is 1.73 bits per heavy atom. The van der Waals surface area contributed by atoms with Crippen LogP contribution in [0.5, 0.6) is 11.5 Å². The van der Waals surface area contributed by atoms with E-state index >= 15 is 0 Å². The zero-order valence-electron chi connectivity index (χ0n) is 17.7. The number of ether oxygens (including phenoxy) is 2. The molecule has 2 aromatic carbocycles. The van der Waals surface area contributed by atoms with E-state index in [1.807, 2.05) is 47.4 Å². The van der Waals surface area contributed by atoms with E-state index < -0.39 is 6.09 Å². The first kappa shape index (κ1) is 21.7. The van der Waals surface area contributed by atoms with E-state index in [0.29, 0.717) is 25.3 Å². The highest BCUT2D eigenvalue weighted by atomic mass is 16.6. The van der Waals surface area contributed by atoms with Crippen molar-refractivity contribution in [2.45, 2.75) is 38.6 Å². The van der Waals surface area contributed by atoms with Crippen molar-refractivity contribution in [2.75, 3.05) is 20.2 Å². The van der Waals surface area contributed by atoms with Crippen LogP contribution in [0.25, 0.3) is 0 Å². The molecule has 1 fully saturated rings. The van der Waals surface area contributed by atoms with Crippen molar-refractivity contribution in [3.8, 4) is 11.5 Å². The van der Waals surface area contributed by atoms with Crippen LogP contribution in [0.2, 0.25) is 0 Å². The highest BCUT2D eigenvalue weighted by molar-refractivity contribution is 5.76. The van der Waals surface area contributed by atoms with E-state index in [1.165, 1.54) is 0 Å². The quantitative estimate of drug-likeness (QED) is 0.748. The molecule has 160 valence electrons. The van der Waals surface area contributed by atoms with Crippen LogP contribution in [-0.4, -0.2) is 43.1 Å². The molecule has 0 aliphatic carbocycles. The van der Waals surface area contributed by atoms with Gasteiger partial charge >= 0.3 is 6.09 Å². The number of likely N-dealkylation sites (tertiary alicyclic amines) is 1. The highest BCUT2D eigenvalue weighted by Gasteiger charge is 2.25. The standard InChI is InChI=1S/C24H30N2O4/c1-18(16-19-8-6-7-11-22(19)29-2)17-23(27)26-14-12-20(13-15-26)25-24(28)30-21-9-4-3-5-10-21/h3-11,18,20H,12-17H2,1-2H3,(H,25,28)/t18-/m1/s1. The van der Waals surface area contributed by atoms with Crippen LogP contribution < -0.4 is 14.8 Å². The minimum Gasteiger partial charge on any atom is -0.496 e. The van der Waals surface area contributed by atoms with Crippen molar-refractivity contribution in [1.82, 2.24) is 10.2 Å². The van der Waals surface area contributed by atoms with E-state index in [0.717, 1.165) is 30.6 Å². The van der Waals surface area contributed by atoms with E-state index in [1.54, 1.807) is 19.2 Å². The zero-order chi connectivity index (χ0) is 21.3. The van der Waals surface area contributed by atoms with Crippen molar-refractivity contribution >= 4 is 12.0 Å². The third-order valence-corrected chi connectivity index (χ3v) is 5.41. The molecule has 1 saturated heterocycles. The third-order valence-electron chi connectivity index (χ3n) is 5.41. The molecule has 30 heavy (non-hydrogen) atoms. The van der Waals surface area contributed by atoms with Crippen LogP contribution in [0.15, 0.2) is 54.6 Å². The summed E-state index contributed by atoms with van der Waals surface area (Å²) in [5.41, 5.74) is 1.13. The second kappa shape index (κ2) is 10.7. The lowest BCUT2D eigenvalue weighted by molar-refractivity contribution is -0.133. The maximum atomic E-state index is 12.7. The molecule has 1 aliphatic heterocycles. The van der Waals surface area contributed by atoms with Crippen LogP contribution in [-0.2, 0) is 11.2 Å². The van der Waals surface area contributed by atoms with Gasteiger partial charge in [0.05, 0.1) is 7.11 Å². The summed E-state index contributed by atoms with van der Waals surface area (Å²) in [6, 6.07) is 17.0. The summed E-state index contributed by atoms with van der Waals surface area (Å²) in [4.78, 5) is 26.7. The molecule has 3 rings (SSSR count). The number of hydrogen-bond acceptors (Lipinski definition) is 4.